The van der Waals surface area contributed by atoms with Crippen molar-refractivity contribution in [2.45, 2.75) is 0 Å². The van der Waals surface area contributed by atoms with Crippen molar-refractivity contribution < 1.29 is 4.79 Å². The van der Waals surface area contributed by atoms with Crippen molar-refractivity contribution in [1.29, 1.82) is 0 Å². The second kappa shape index (κ2) is 8.56. The standard InChI is InChI=1S/C21H15N3OS/c25-20(24-21(26)23-19-9-5-2-6-10-19)18-13-17(14-22-15-18)12-11-16-7-3-1-4-8-16/h1-10,13-15H,(H2,23,24,25,26). The van der Waals surface area contributed by atoms with Crippen LogP contribution in [0.1, 0.15) is 21.5 Å². The van der Waals surface area contributed by atoms with Gasteiger partial charge in [0.2, 0.25) is 0 Å². The predicted molar refractivity (Wildman–Crippen MR) is 107 cm³/mol. The molecule has 0 bridgehead atoms. The lowest BCUT2D eigenvalue weighted by Crippen LogP contribution is -2.34. The number of aromatic nitrogens is 1. The number of rotatable bonds is 2. The highest BCUT2D eigenvalue weighted by molar-refractivity contribution is 7.80. The number of carbonyl (C=O) groups is 1. The van der Waals surface area contributed by atoms with Crippen LogP contribution >= 0.6 is 12.2 Å². The monoisotopic (exact) mass is 357 g/mol. The average molecular weight is 357 g/mol. The number of hydrogen-bond donors (Lipinski definition) is 2. The lowest BCUT2D eigenvalue weighted by Gasteiger charge is -2.09. The number of benzene rings is 2. The normalized spacial score (nSPS) is 9.54. The Bertz CT molecular complexity index is 976. The number of carbonyl (C=O) groups excluding carboxylic acids is 1. The van der Waals surface area contributed by atoms with E-state index in [-0.39, 0.29) is 11.0 Å². The van der Waals surface area contributed by atoms with Gasteiger partial charge < -0.3 is 5.32 Å². The van der Waals surface area contributed by atoms with Crippen LogP contribution in [0.5, 0.6) is 0 Å². The lowest BCUT2D eigenvalue weighted by atomic mass is 10.1. The number of nitrogens with zero attached hydrogens (tertiary/aromatic N) is 1. The molecule has 0 saturated carbocycles. The Kier molecular flexibility index (Phi) is 5.71. The van der Waals surface area contributed by atoms with Crippen LogP contribution in [0, 0.1) is 11.8 Å². The fourth-order valence-electron chi connectivity index (χ4n) is 2.16. The van der Waals surface area contributed by atoms with Gasteiger partial charge in [0.1, 0.15) is 0 Å². The second-order valence-electron chi connectivity index (χ2n) is 5.35. The summed E-state index contributed by atoms with van der Waals surface area (Å²) in [6, 6.07) is 20.7. The first kappa shape index (κ1) is 17.3. The number of thiocarbonyl (C=S) groups is 1. The summed E-state index contributed by atoms with van der Waals surface area (Å²) < 4.78 is 0. The van der Waals surface area contributed by atoms with Gasteiger partial charge in [0.15, 0.2) is 5.11 Å². The molecule has 26 heavy (non-hydrogen) atoms. The van der Waals surface area contributed by atoms with Gasteiger partial charge in [0, 0.05) is 29.2 Å². The molecule has 1 aromatic heterocycles. The third-order valence-corrected chi connectivity index (χ3v) is 3.59. The van der Waals surface area contributed by atoms with Gasteiger partial charge in [-0.3, -0.25) is 15.1 Å². The van der Waals surface area contributed by atoms with Crippen LogP contribution < -0.4 is 10.6 Å². The van der Waals surface area contributed by atoms with Crippen LogP contribution in [0.25, 0.3) is 0 Å². The Morgan fingerprint density at radius 1 is 0.885 bits per heavy atom. The fourth-order valence-corrected chi connectivity index (χ4v) is 2.37. The summed E-state index contributed by atoms with van der Waals surface area (Å²) in [5, 5.41) is 5.82. The van der Waals surface area contributed by atoms with Crippen molar-refractivity contribution in [3.8, 4) is 11.8 Å². The summed E-state index contributed by atoms with van der Waals surface area (Å²) in [6.45, 7) is 0. The largest absolute Gasteiger partial charge is 0.332 e. The van der Waals surface area contributed by atoms with E-state index in [2.05, 4.69) is 27.5 Å². The van der Waals surface area contributed by atoms with E-state index in [0.717, 1.165) is 11.3 Å². The molecule has 1 heterocycles. The summed E-state index contributed by atoms with van der Waals surface area (Å²) in [5.41, 5.74) is 2.75. The molecule has 0 spiro atoms. The van der Waals surface area contributed by atoms with Gasteiger partial charge in [-0.2, -0.15) is 0 Å². The van der Waals surface area contributed by atoms with E-state index in [1.807, 2.05) is 60.7 Å². The quantitative estimate of drug-likeness (QED) is 0.543. The second-order valence-corrected chi connectivity index (χ2v) is 5.76. The summed E-state index contributed by atoms with van der Waals surface area (Å²) in [6.07, 6.45) is 3.10. The zero-order valence-corrected chi connectivity index (χ0v) is 14.6. The molecule has 0 saturated heterocycles. The zero-order chi connectivity index (χ0) is 18.2. The Balaban J connectivity index is 1.67. The maximum absolute atomic E-state index is 12.3. The number of pyridine rings is 1. The minimum atomic E-state index is -0.339. The number of para-hydroxylation sites is 1. The van der Waals surface area contributed by atoms with Crippen LogP contribution in [-0.2, 0) is 0 Å². The van der Waals surface area contributed by atoms with E-state index in [4.69, 9.17) is 12.2 Å². The van der Waals surface area contributed by atoms with E-state index in [9.17, 15) is 4.79 Å². The lowest BCUT2D eigenvalue weighted by molar-refractivity contribution is 0.0977. The summed E-state index contributed by atoms with van der Waals surface area (Å²) in [4.78, 5) is 16.4. The number of hydrogen-bond acceptors (Lipinski definition) is 3. The highest BCUT2D eigenvalue weighted by Crippen LogP contribution is 2.06. The van der Waals surface area contributed by atoms with Gasteiger partial charge in [-0.25, -0.2) is 0 Å². The van der Waals surface area contributed by atoms with Gasteiger partial charge in [-0.05, 0) is 42.5 Å². The average Bonchev–Trinajstić information content (AvgIpc) is 2.68. The minimum absolute atomic E-state index is 0.224. The fraction of sp³-hybridized carbons (Fsp3) is 0. The number of nitrogens with one attached hydrogen (secondary N) is 2. The van der Waals surface area contributed by atoms with E-state index < -0.39 is 0 Å². The van der Waals surface area contributed by atoms with E-state index in [1.54, 1.807) is 12.3 Å². The minimum Gasteiger partial charge on any atom is -0.332 e. The van der Waals surface area contributed by atoms with Crippen molar-refractivity contribution in [3.63, 3.8) is 0 Å². The molecule has 2 N–H and O–H groups in total. The third-order valence-electron chi connectivity index (χ3n) is 3.38. The van der Waals surface area contributed by atoms with E-state index in [0.29, 0.717) is 11.1 Å². The van der Waals surface area contributed by atoms with Gasteiger partial charge in [-0.1, -0.05) is 48.2 Å². The summed E-state index contributed by atoms with van der Waals surface area (Å²) in [7, 11) is 0. The first-order valence-electron chi connectivity index (χ1n) is 7.90. The molecule has 0 fully saturated rings. The highest BCUT2D eigenvalue weighted by Gasteiger charge is 2.09. The Labute approximate surface area is 157 Å². The molecule has 0 aliphatic carbocycles. The molecule has 4 nitrogen and oxygen atoms in total. The molecular formula is C21H15N3OS. The Morgan fingerprint density at radius 2 is 1.54 bits per heavy atom. The number of amides is 1. The van der Waals surface area contributed by atoms with Crippen LogP contribution in [-0.4, -0.2) is 16.0 Å². The molecule has 3 rings (SSSR count). The molecular weight excluding hydrogens is 342 g/mol. The van der Waals surface area contributed by atoms with Crippen LogP contribution in [0.2, 0.25) is 0 Å². The van der Waals surface area contributed by atoms with Gasteiger partial charge in [0.05, 0.1) is 5.56 Å². The van der Waals surface area contributed by atoms with Gasteiger partial charge >= 0.3 is 0 Å². The van der Waals surface area contributed by atoms with Crippen LogP contribution in [0.3, 0.4) is 0 Å². The summed E-state index contributed by atoms with van der Waals surface area (Å²) in [5.74, 6) is 5.71. The SMILES string of the molecule is O=C(NC(=S)Nc1ccccc1)c1cncc(C#Cc2ccccc2)c1. The molecule has 0 aliphatic heterocycles. The molecule has 5 heteroatoms. The molecule has 3 aromatic rings. The van der Waals surface area contributed by atoms with Crippen LogP contribution in [0.15, 0.2) is 79.1 Å². The molecule has 0 unspecified atom stereocenters. The van der Waals surface area contributed by atoms with Crippen molar-refractivity contribution in [1.82, 2.24) is 10.3 Å². The maximum Gasteiger partial charge on any atom is 0.259 e. The number of anilines is 1. The van der Waals surface area contributed by atoms with E-state index in [1.165, 1.54) is 6.20 Å². The summed E-state index contributed by atoms with van der Waals surface area (Å²) >= 11 is 5.17. The molecule has 1 amide bonds. The molecule has 0 aliphatic rings. The van der Waals surface area contributed by atoms with E-state index >= 15 is 0 Å². The Hall–Kier alpha value is -3.49. The molecule has 126 valence electrons. The topological polar surface area (TPSA) is 54.0 Å². The Morgan fingerprint density at radius 3 is 2.27 bits per heavy atom. The van der Waals surface area contributed by atoms with Crippen molar-refractivity contribution in [2.75, 3.05) is 5.32 Å². The molecule has 0 radical (unpaired) electrons. The van der Waals surface area contributed by atoms with Crippen LogP contribution in [0.4, 0.5) is 5.69 Å². The smallest absolute Gasteiger partial charge is 0.259 e. The first-order valence-corrected chi connectivity index (χ1v) is 8.31. The molecule has 2 aromatic carbocycles. The first-order chi connectivity index (χ1) is 12.7. The van der Waals surface area contributed by atoms with Crippen molar-refractivity contribution in [2.24, 2.45) is 0 Å². The van der Waals surface area contributed by atoms with Gasteiger partial charge in [0.25, 0.3) is 5.91 Å². The van der Waals surface area contributed by atoms with Gasteiger partial charge in [-0.15, -0.1) is 0 Å². The zero-order valence-electron chi connectivity index (χ0n) is 13.8. The predicted octanol–water partition coefficient (Wildman–Crippen LogP) is 3.61. The van der Waals surface area contributed by atoms with Crippen molar-refractivity contribution >= 4 is 28.9 Å². The molecule has 0 atom stereocenters. The maximum atomic E-state index is 12.3. The highest BCUT2D eigenvalue weighted by atomic mass is 32.1. The van der Waals surface area contributed by atoms with Crippen molar-refractivity contribution in [3.05, 3.63) is 95.8 Å². The third kappa shape index (κ3) is 5.00.